The van der Waals surface area contributed by atoms with E-state index in [1.165, 1.54) is 17.5 Å². The molecule has 74 heavy (non-hydrogen) atoms. The summed E-state index contributed by atoms with van der Waals surface area (Å²) in [7, 11) is 3.11. The van der Waals surface area contributed by atoms with Crippen molar-refractivity contribution in [2.75, 3.05) is 19.1 Å². The number of imide groups is 2. The van der Waals surface area contributed by atoms with E-state index in [0.717, 1.165) is 27.3 Å². The maximum Gasteiger partial charge on any atom is 0.266 e. The third-order valence-electron chi connectivity index (χ3n) is 12.1. The molecule has 11 heteroatoms. The Morgan fingerprint density at radius 1 is 0.405 bits per heavy atom. The van der Waals surface area contributed by atoms with Crippen LogP contribution in [0, 0.1) is 20.8 Å². The Hall–Kier alpha value is -9.09. The molecule has 0 aliphatic carbocycles. The summed E-state index contributed by atoms with van der Waals surface area (Å²) in [5.41, 5.74) is 8.12. The first-order valence-electron chi connectivity index (χ1n) is 23.6. The molecule has 0 spiro atoms. The lowest BCUT2D eigenvalue weighted by Gasteiger charge is -2.19. The minimum atomic E-state index is -0.330. The third-order valence-corrected chi connectivity index (χ3v) is 12.1. The average molecular weight is 987 g/mol. The van der Waals surface area contributed by atoms with Crippen LogP contribution in [0.4, 0.5) is 5.69 Å². The van der Waals surface area contributed by atoms with Gasteiger partial charge in [0.2, 0.25) is 0 Å². The average Bonchev–Trinajstić information content (AvgIpc) is 3.77. The summed E-state index contributed by atoms with van der Waals surface area (Å²) in [5.74, 6) is 3.43. The SMILES string of the molecule is C.CN1C(=O)c2ccc(Oc3ccc(C(C)(C)C)cc3)cc2C1=O.COc1ccc(Oc2ccc(C(=O)c3ccc(C)cc3)cc2)cc1.Cc1ccc(Oc2ccc3c(c2)C(=O)N(c2ccc(C)cc2)C3=O)cc1. The van der Waals surface area contributed by atoms with Crippen LogP contribution < -0.4 is 23.8 Å². The molecule has 0 N–H and O–H groups in total. The number of anilines is 1. The summed E-state index contributed by atoms with van der Waals surface area (Å²) < 4.78 is 22.5. The number of ketones is 1. The maximum atomic E-state index is 12.8. The highest BCUT2D eigenvalue weighted by molar-refractivity contribution is 6.34. The first kappa shape index (κ1) is 52.7. The number of ether oxygens (including phenoxy) is 4. The van der Waals surface area contributed by atoms with Gasteiger partial charge in [0, 0.05) is 18.2 Å². The molecular weight excluding hydrogens is 929 g/mol. The molecule has 0 bridgehead atoms. The maximum absolute atomic E-state index is 12.8. The van der Waals surface area contributed by atoms with E-state index < -0.39 is 0 Å². The van der Waals surface area contributed by atoms with E-state index in [2.05, 4.69) is 20.8 Å². The highest BCUT2D eigenvalue weighted by Gasteiger charge is 2.37. The number of hydrogen-bond acceptors (Lipinski definition) is 9. The van der Waals surface area contributed by atoms with Crippen LogP contribution in [0.3, 0.4) is 0 Å². The van der Waals surface area contributed by atoms with Gasteiger partial charge in [0.05, 0.1) is 35.1 Å². The zero-order valence-corrected chi connectivity index (χ0v) is 41.9. The van der Waals surface area contributed by atoms with Crippen molar-refractivity contribution in [3.8, 4) is 40.2 Å². The Kier molecular flexibility index (Phi) is 16.1. The van der Waals surface area contributed by atoms with Crippen LogP contribution >= 0.6 is 0 Å². The predicted molar refractivity (Wildman–Crippen MR) is 289 cm³/mol. The van der Waals surface area contributed by atoms with Gasteiger partial charge in [-0.15, -0.1) is 0 Å². The van der Waals surface area contributed by atoms with Crippen molar-refractivity contribution in [2.45, 2.75) is 54.4 Å². The number of fused-ring (bicyclic) bond motifs is 2. The second kappa shape index (κ2) is 22.5. The van der Waals surface area contributed by atoms with Gasteiger partial charge in [-0.05, 0) is 153 Å². The minimum absolute atomic E-state index is 0. The largest absolute Gasteiger partial charge is 0.497 e. The number of benzene rings is 8. The molecule has 2 aliphatic rings. The lowest BCUT2D eigenvalue weighted by molar-refractivity contribution is 0.0691. The summed E-state index contributed by atoms with van der Waals surface area (Å²) in [6, 6.07) is 54.9. The number of amides is 4. The van der Waals surface area contributed by atoms with E-state index in [4.69, 9.17) is 18.9 Å². The van der Waals surface area contributed by atoms with Crippen LogP contribution in [0.15, 0.2) is 182 Å². The Labute approximate surface area is 432 Å². The number of nitrogens with zero attached hydrogens (tertiary/aromatic N) is 2. The van der Waals surface area contributed by atoms with Gasteiger partial charge in [-0.2, -0.15) is 0 Å². The number of carbonyl (C=O) groups excluding carboxylic acids is 5. The monoisotopic (exact) mass is 986 g/mol. The van der Waals surface area contributed by atoms with Gasteiger partial charge in [0.1, 0.15) is 40.2 Å². The van der Waals surface area contributed by atoms with Crippen molar-refractivity contribution in [3.63, 3.8) is 0 Å². The van der Waals surface area contributed by atoms with E-state index in [-0.39, 0.29) is 42.3 Å². The molecule has 0 saturated heterocycles. The van der Waals surface area contributed by atoms with Gasteiger partial charge >= 0.3 is 0 Å². The lowest BCUT2D eigenvalue weighted by atomic mass is 9.87. The topological polar surface area (TPSA) is 129 Å². The fourth-order valence-corrected chi connectivity index (χ4v) is 7.84. The molecule has 0 unspecified atom stereocenters. The Bertz CT molecular complexity index is 3320. The molecule has 374 valence electrons. The molecule has 0 atom stereocenters. The molecule has 0 fully saturated rings. The first-order valence-corrected chi connectivity index (χ1v) is 23.6. The number of hydrogen-bond donors (Lipinski definition) is 0. The summed E-state index contributed by atoms with van der Waals surface area (Å²) in [5, 5.41) is 0. The molecule has 2 aliphatic heterocycles. The molecule has 0 saturated carbocycles. The fraction of sp³-hybridized carbons (Fsp3) is 0.159. The van der Waals surface area contributed by atoms with Gasteiger partial charge in [-0.3, -0.25) is 28.9 Å². The van der Waals surface area contributed by atoms with E-state index >= 15 is 0 Å². The molecule has 0 radical (unpaired) electrons. The number of rotatable bonds is 10. The highest BCUT2D eigenvalue weighted by Crippen LogP contribution is 2.34. The van der Waals surface area contributed by atoms with Crippen LogP contribution in [0.5, 0.6) is 40.2 Å². The molecule has 10 rings (SSSR count). The Morgan fingerprint density at radius 2 is 0.730 bits per heavy atom. The van der Waals surface area contributed by atoms with Crippen molar-refractivity contribution in [1.82, 2.24) is 4.90 Å². The molecule has 8 aromatic rings. The van der Waals surface area contributed by atoms with Crippen molar-refractivity contribution in [3.05, 3.63) is 238 Å². The van der Waals surface area contributed by atoms with Crippen LogP contribution in [-0.4, -0.2) is 48.5 Å². The predicted octanol–water partition coefficient (Wildman–Crippen LogP) is 14.6. The standard InChI is InChI=1S/C22H17NO3.C21H18O3.C19H19NO3.CH4/c1-14-3-7-16(8-4-14)23-21(24)19-12-11-18(13-20(19)22(23)25)26-17-9-5-15(2)6-10-17;1-15-3-5-16(6-4-15)21(22)17-7-9-19(10-8-17)24-20-13-11-18(23-2)12-14-20;1-19(2,3)12-5-7-13(8-6-12)23-14-9-10-15-16(11-14)18(22)20(4)17(15)21;/h3-13H,1-2H3;3-14H,1-2H3;5-11H,1-4H3;1H4. The van der Waals surface area contributed by atoms with Gasteiger partial charge in [-0.1, -0.05) is 106 Å². The van der Waals surface area contributed by atoms with Crippen LogP contribution in [0.1, 0.15) is 108 Å². The molecule has 8 aromatic carbocycles. The van der Waals surface area contributed by atoms with Gasteiger partial charge in [0.25, 0.3) is 23.6 Å². The summed E-state index contributed by atoms with van der Waals surface area (Å²) in [6.45, 7) is 12.4. The summed E-state index contributed by atoms with van der Waals surface area (Å²) >= 11 is 0. The minimum Gasteiger partial charge on any atom is -0.497 e. The van der Waals surface area contributed by atoms with Crippen molar-refractivity contribution in [1.29, 1.82) is 0 Å². The zero-order valence-electron chi connectivity index (χ0n) is 41.9. The molecular formula is C63H58N2O9. The summed E-state index contributed by atoms with van der Waals surface area (Å²) in [6.07, 6.45) is 0. The Balaban J connectivity index is 0.000000161. The van der Waals surface area contributed by atoms with Crippen molar-refractivity contribution >= 4 is 35.1 Å². The second-order valence-corrected chi connectivity index (χ2v) is 18.7. The lowest BCUT2D eigenvalue weighted by Crippen LogP contribution is -2.29. The van der Waals surface area contributed by atoms with E-state index in [9.17, 15) is 24.0 Å². The Morgan fingerprint density at radius 3 is 1.20 bits per heavy atom. The third kappa shape index (κ3) is 12.1. The number of carbonyl (C=O) groups is 5. The van der Waals surface area contributed by atoms with E-state index in [1.807, 2.05) is 130 Å². The van der Waals surface area contributed by atoms with Crippen LogP contribution in [-0.2, 0) is 5.41 Å². The summed E-state index contributed by atoms with van der Waals surface area (Å²) in [4.78, 5) is 64.1. The molecule has 4 amide bonds. The van der Waals surface area contributed by atoms with Gasteiger partial charge in [0.15, 0.2) is 5.78 Å². The zero-order chi connectivity index (χ0) is 52.0. The molecule has 2 heterocycles. The van der Waals surface area contributed by atoms with Gasteiger partial charge < -0.3 is 18.9 Å². The van der Waals surface area contributed by atoms with Crippen molar-refractivity contribution < 1.29 is 42.9 Å². The molecule has 11 nitrogen and oxygen atoms in total. The number of methoxy groups -OCH3 is 1. The quantitative estimate of drug-likeness (QED) is 0.0971. The van der Waals surface area contributed by atoms with E-state index in [0.29, 0.717) is 73.6 Å². The van der Waals surface area contributed by atoms with Gasteiger partial charge in [-0.25, -0.2) is 4.90 Å². The van der Waals surface area contributed by atoms with E-state index in [1.54, 1.807) is 79.9 Å². The number of aryl methyl sites for hydroxylation is 3. The fourth-order valence-electron chi connectivity index (χ4n) is 7.84. The smallest absolute Gasteiger partial charge is 0.266 e. The highest BCUT2D eigenvalue weighted by atomic mass is 16.5. The van der Waals surface area contributed by atoms with Crippen molar-refractivity contribution in [2.24, 2.45) is 0 Å². The molecule has 0 aromatic heterocycles. The normalized spacial score (nSPS) is 12.3. The van der Waals surface area contributed by atoms with Crippen LogP contribution in [0.2, 0.25) is 0 Å². The second-order valence-electron chi connectivity index (χ2n) is 18.7. The van der Waals surface area contributed by atoms with Crippen LogP contribution in [0.25, 0.3) is 0 Å². The first-order chi connectivity index (χ1) is 34.9.